The van der Waals surface area contributed by atoms with Crippen LogP contribution < -0.4 is 5.73 Å². The van der Waals surface area contributed by atoms with Gasteiger partial charge < -0.3 is 15.4 Å². The molecule has 24 heavy (non-hydrogen) atoms. The summed E-state index contributed by atoms with van der Waals surface area (Å²) >= 11 is 0. The SMILES string of the molecule is COCCN(Cc1ccccc1)C(=O)C(C)C(N)c1ccccc1. The van der Waals surface area contributed by atoms with Crippen LogP contribution in [0.15, 0.2) is 60.7 Å². The Bertz CT molecular complexity index is 616. The van der Waals surface area contributed by atoms with Gasteiger partial charge in [-0.1, -0.05) is 67.6 Å². The molecule has 0 aliphatic rings. The lowest BCUT2D eigenvalue weighted by molar-refractivity contribution is -0.137. The first kappa shape index (κ1) is 18.2. The molecule has 0 fully saturated rings. The summed E-state index contributed by atoms with van der Waals surface area (Å²) < 4.78 is 5.16. The molecule has 0 aromatic heterocycles. The van der Waals surface area contributed by atoms with Gasteiger partial charge in [-0.05, 0) is 11.1 Å². The average molecular weight is 326 g/mol. The Morgan fingerprint density at radius 2 is 1.67 bits per heavy atom. The smallest absolute Gasteiger partial charge is 0.227 e. The minimum Gasteiger partial charge on any atom is -0.383 e. The largest absolute Gasteiger partial charge is 0.383 e. The van der Waals surface area contributed by atoms with E-state index in [9.17, 15) is 4.79 Å². The van der Waals surface area contributed by atoms with Gasteiger partial charge in [0.15, 0.2) is 0 Å². The van der Waals surface area contributed by atoms with E-state index in [1.807, 2.05) is 72.5 Å². The highest BCUT2D eigenvalue weighted by Crippen LogP contribution is 2.22. The molecule has 0 bridgehead atoms. The fourth-order valence-electron chi connectivity index (χ4n) is 2.68. The van der Waals surface area contributed by atoms with E-state index in [0.29, 0.717) is 19.7 Å². The van der Waals surface area contributed by atoms with Crippen molar-refractivity contribution in [3.63, 3.8) is 0 Å². The fraction of sp³-hybridized carbons (Fsp3) is 0.350. The van der Waals surface area contributed by atoms with Gasteiger partial charge in [0.1, 0.15) is 0 Å². The lowest BCUT2D eigenvalue weighted by Gasteiger charge is -2.28. The van der Waals surface area contributed by atoms with Gasteiger partial charge in [-0.3, -0.25) is 4.79 Å². The van der Waals surface area contributed by atoms with Crippen LogP contribution in [0.3, 0.4) is 0 Å². The van der Waals surface area contributed by atoms with E-state index in [4.69, 9.17) is 10.5 Å². The first-order valence-electron chi connectivity index (χ1n) is 8.25. The van der Waals surface area contributed by atoms with E-state index >= 15 is 0 Å². The molecule has 0 saturated carbocycles. The van der Waals surface area contributed by atoms with Crippen LogP contribution in [-0.4, -0.2) is 31.1 Å². The van der Waals surface area contributed by atoms with E-state index < -0.39 is 0 Å². The molecular weight excluding hydrogens is 300 g/mol. The van der Waals surface area contributed by atoms with E-state index in [1.165, 1.54) is 0 Å². The third kappa shape index (κ3) is 4.91. The predicted molar refractivity (Wildman–Crippen MR) is 96.3 cm³/mol. The van der Waals surface area contributed by atoms with E-state index in [-0.39, 0.29) is 17.9 Å². The van der Waals surface area contributed by atoms with Crippen LogP contribution in [-0.2, 0) is 16.1 Å². The van der Waals surface area contributed by atoms with Crippen LogP contribution >= 0.6 is 0 Å². The molecule has 0 radical (unpaired) electrons. The van der Waals surface area contributed by atoms with Crippen molar-refractivity contribution in [3.8, 4) is 0 Å². The molecule has 2 unspecified atom stereocenters. The molecule has 2 N–H and O–H groups in total. The summed E-state index contributed by atoms with van der Waals surface area (Å²) in [6.45, 7) is 3.52. The van der Waals surface area contributed by atoms with Crippen molar-refractivity contribution in [1.29, 1.82) is 0 Å². The molecule has 0 heterocycles. The number of nitrogens with zero attached hydrogens (tertiary/aromatic N) is 1. The second-order valence-corrected chi connectivity index (χ2v) is 5.96. The Morgan fingerprint density at radius 3 is 2.25 bits per heavy atom. The highest BCUT2D eigenvalue weighted by molar-refractivity contribution is 5.79. The van der Waals surface area contributed by atoms with Crippen LogP contribution in [0.2, 0.25) is 0 Å². The normalized spacial score (nSPS) is 13.3. The number of carbonyl (C=O) groups excluding carboxylic acids is 1. The summed E-state index contributed by atoms with van der Waals surface area (Å²) in [7, 11) is 1.64. The molecule has 4 nitrogen and oxygen atoms in total. The number of hydrogen-bond donors (Lipinski definition) is 1. The van der Waals surface area contributed by atoms with Crippen LogP contribution in [0.4, 0.5) is 0 Å². The quantitative estimate of drug-likeness (QED) is 0.811. The molecule has 2 rings (SSSR count). The van der Waals surface area contributed by atoms with Crippen LogP contribution in [0.25, 0.3) is 0 Å². The van der Waals surface area contributed by atoms with Gasteiger partial charge in [0, 0.05) is 26.2 Å². The van der Waals surface area contributed by atoms with Crippen molar-refractivity contribution in [3.05, 3.63) is 71.8 Å². The number of benzene rings is 2. The predicted octanol–water partition coefficient (Wildman–Crippen LogP) is 3.00. The maximum Gasteiger partial charge on any atom is 0.227 e. The Labute approximate surface area is 144 Å². The number of rotatable bonds is 8. The lowest BCUT2D eigenvalue weighted by atomic mass is 9.94. The summed E-state index contributed by atoms with van der Waals surface area (Å²) in [5.74, 6) is -0.250. The zero-order chi connectivity index (χ0) is 17.4. The molecule has 4 heteroatoms. The molecule has 2 atom stereocenters. The molecule has 0 saturated heterocycles. The molecule has 2 aromatic rings. The van der Waals surface area contributed by atoms with Crippen molar-refractivity contribution in [2.75, 3.05) is 20.3 Å². The Kier molecular flexibility index (Phi) is 6.97. The van der Waals surface area contributed by atoms with Crippen molar-refractivity contribution < 1.29 is 9.53 Å². The molecule has 0 aliphatic heterocycles. The number of carbonyl (C=O) groups is 1. The summed E-state index contributed by atoms with van der Waals surface area (Å²) in [5, 5.41) is 0. The Morgan fingerprint density at radius 1 is 1.08 bits per heavy atom. The average Bonchev–Trinajstić information content (AvgIpc) is 2.65. The van der Waals surface area contributed by atoms with Crippen molar-refractivity contribution >= 4 is 5.91 Å². The highest BCUT2D eigenvalue weighted by Gasteiger charge is 2.26. The van der Waals surface area contributed by atoms with Crippen LogP contribution in [0.1, 0.15) is 24.1 Å². The Hall–Kier alpha value is -2.17. The lowest BCUT2D eigenvalue weighted by Crippen LogP contribution is -2.40. The molecular formula is C20H26N2O2. The molecule has 1 amide bonds. The monoisotopic (exact) mass is 326 g/mol. The van der Waals surface area contributed by atoms with Gasteiger partial charge in [0.25, 0.3) is 0 Å². The van der Waals surface area contributed by atoms with E-state index in [0.717, 1.165) is 11.1 Å². The number of nitrogens with two attached hydrogens (primary N) is 1. The molecule has 2 aromatic carbocycles. The second kappa shape index (κ2) is 9.21. The van der Waals surface area contributed by atoms with Gasteiger partial charge in [-0.15, -0.1) is 0 Å². The third-order valence-electron chi connectivity index (χ3n) is 4.21. The zero-order valence-corrected chi connectivity index (χ0v) is 14.4. The van der Waals surface area contributed by atoms with Crippen molar-refractivity contribution in [2.24, 2.45) is 11.7 Å². The van der Waals surface area contributed by atoms with Crippen LogP contribution in [0, 0.1) is 5.92 Å². The number of hydrogen-bond acceptors (Lipinski definition) is 3. The van der Waals surface area contributed by atoms with E-state index in [2.05, 4.69) is 0 Å². The summed E-state index contributed by atoms with van der Waals surface area (Å²) in [4.78, 5) is 14.8. The first-order valence-corrected chi connectivity index (χ1v) is 8.25. The molecule has 0 aliphatic carbocycles. The summed E-state index contributed by atoms with van der Waals surface area (Å²) in [6, 6.07) is 19.4. The summed E-state index contributed by atoms with van der Waals surface area (Å²) in [6.07, 6.45) is 0. The van der Waals surface area contributed by atoms with Gasteiger partial charge in [-0.2, -0.15) is 0 Å². The standard InChI is InChI=1S/C20H26N2O2/c1-16(19(21)18-11-7-4-8-12-18)20(23)22(13-14-24-2)15-17-9-5-3-6-10-17/h3-12,16,19H,13-15,21H2,1-2H3. The topological polar surface area (TPSA) is 55.6 Å². The fourth-order valence-corrected chi connectivity index (χ4v) is 2.68. The van der Waals surface area contributed by atoms with Gasteiger partial charge in [0.2, 0.25) is 5.91 Å². The number of ether oxygens (including phenoxy) is 1. The van der Waals surface area contributed by atoms with Gasteiger partial charge in [-0.25, -0.2) is 0 Å². The summed E-state index contributed by atoms with van der Waals surface area (Å²) in [5.41, 5.74) is 8.40. The van der Waals surface area contributed by atoms with Gasteiger partial charge in [0.05, 0.1) is 12.5 Å². The Balaban J connectivity index is 2.11. The number of methoxy groups -OCH3 is 1. The van der Waals surface area contributed by atoms with Crippen molar-refractivity contribution in [2.45, 2.75) is 19.5 Å². The minimum absolute atomic E-state index is 0.0484. The maximum atomic E-state index is 13.0. The van der Waals surface area contributed by atoms with Crippen molar-refractivity contribution in [1.82, 2.24) is 4.90 Å². The first-order chi connectivity index (χ1) is 11.6. The maximum absolute atomic E-state index is 13.0. The van der Waals surface area contributed by atoms with E-state index in [1.54, 1.807) is 7.11 Å². The second-order valence-electron chi connectivity index (χ2n) is 5.96. The zero-order valence-electron chi connectivity index (χ0n) is 14.4. The van der Waals surface area contributed by atoms with Crippen LogP contribution in [0.5, 0.6) is 0 Å². The van der Waals surface area contributed by atoms with Gasteiger partial charge >= 0.3 is 0 Å². The highest BCUT2D eigenvalue weighted by atomic mass is 16.5. The number of amides is 1. The molecule has 0 spiro atoms. The minimum atomic E-state index is -0.320. The molecule has 128 valence electrons. The third-order valence-corrected chi connectivity index (χ3v) is 4.21.